The summed E-state index contributed by atoms with van der Waals surface area (Å²) in [6.45, 7) is 5.41. The summed E-state index contributed by atoms with van der Waals surface area (Å²) in [5, 5.41) is 5.55. The lowest BCUT2D eigenvalue weighted by Gasteiger charge is -2.21. The molecule has 1 aliphatic rings. The van der Waals surface area contributed by atoms with Crippen molar-refractivity contribution in [2.45, 2.75) is 52.0 Å². The third-order valence-corrected chi connectivity index (χ3v) is 5.58. The van der Waals surface area contributed by atoms with Crippen LogP contribution in [0.25, 0.3) is 0 Å². The Balaban J connectivity index is 1.50. The summed E-state index contributed by atoms with van der Waals surface area (Å²) < 4.78 is 22.2. The van der Waals surface area contributed by atoms with Gasteiger partial charge in [0.2, 0.25) is 5.91 Å². The number of alkyl carbamates (subject to hydrolysis) is 1. The van der Waals surface area contributed by atoms with E-state index in [4.69, 9.17) is 18.9 Å². The molecule has 2 amide bonds. The van der Waals surface area contributed by atoms with Gasteiger partial charge in [-0.25, -0.2) is 4.79 Å². The minimum absolute atomic E-state index is 0.114. The highest BCUT2D eigenvalue weighted by atomic mass is 16.6. The number of rotatable bonds is 11. The fourth-order valence-corrected chi connectivity index (χ4v) is 3.63. The van der Waals surface area contributed by atoms with E-state index in [1.54, 1.807) is 7.11 Å². The molecule has 1 aliphatic heterocycles. The van der Waals surface area contributed by atoms with Crippen molar-refractivity contribution in [2.24, 2.45) is 5.92 Å². The lowest BCUT2D eigenvalue weighted by Crippen LogP contribution is -2.49. The Morgan fingerprint density at radius 1 is 1.09 bits per heavy atom. The maximum Gasteiger partial charge on any atom is 0.408 e. The van der Waals surface area contributed by atoms with Crippen LogP contribution in [0.15, 0.2) is 48.5 Å². The normalized spacial score (nSPS) is 16.1. The molecule has 8 heteroatoms. The Bertz CT molecular complexity index is 928. The molecule has 1 fully saturated rings. The number of hydrogen-bond donors (Lipinski definition) is 2. The van der Waals surface area contributed by atoms with Gasteiger partial charge >= 0.3 is 6.09 Å². The molecule has 1 unspecified atom stereocenters. The van der Waals surface area contributed by atoms with Gasteiger partial charge in [-0.15, -0.1) is 0 Å². The monoisotopic (exact) mass is 470 g/mol. The van der Waals surface area contributed by atoms with Crippen molar-refractivity contribution in [3.63, 3.8) is 0 Å². The molecule has 34 heavy (non-hydrogen) atoms. The number of carbonyl (C=O) groups excluding carboxylic acids is 2. The van der Waals surface area contributed by atoms with Crippen LogP contribution in [-0.2, 0) is 27.4 Å². The van der Waals surface area contributed by atoms with E-state index < -0.39 is 12.1 Å². The van der Waals surface area contributed by atoms with Gasteiger partial charge in [-0.1, -0.05) is 50.2 Å². The number of methoxy groups -OCH3 is 1. The van der Waals surface area contributed by atoms with Crippen LogP contribution < -0.4 is 20.1 Å². The zero-order valence-electron chi connectivity index (χ0n) is 20.0. The number of carbonyl (C=O) groups is 2. The predicted molar refractivity (Wildman–Crippen MR) is 128 cm³/mol. The second kappa shape index (κ2) is 12.8. The van der Waals surface area contributed by atoms with Gasteiger partial charge in [0.05, 0.1) is 13.2 Å². The standard InChI is InChI=1S/C26H34N2O6/c1-18(2)24(28-26(30)34-16-19-8-5-4-6-9-19)25(29)27-15-20-11-12-22(23(14-20)31-3)33-17-21-10-7-13-32-21/h4-6,8-9,11-12,14,18,21,24H,7,10,13,15-17H2,1-3H3,(H,27,29)(H,28,30)/t21?,24-/m0/s1. The Hall–Kier alpha value is -3.26. The molecular weight excluding hydrogens is 436 g/mol. The van der Waals surface area contributed by atoms with E-state index in [9.17, 15) is 9.59 Å². The maximum atomic E-state index is 12.8. The van der Waals surface area contributed by atoms with E-state index in [1.807, 2.05) is 62.4 Å². The third kappa shape index (κ3) is 7.66. The lowest BCUT2D eigenvalue weighted by molar-refractivity contribution is -0.124. The summed E-state index contributed by atoms with van der Waals surface area (Å²) >= 11 is 0. The molecule has 2 aromatic rings. The van der Waals surface area contributed by atoms with Gasteiger partial charge in [0.1, 0.15) is 19.3 Å². The van der Waals surface area contributed by atoms with Crippen molar-refractivity contribution >= 4 is 12.0 Å². The van der Waals surface area contributed by atoms with Gasteiger partial charge in [-0.2, -0.15) is 0 Å². The van der Waals surface area contributed by atoms with Crippen LogP contribution in [0.2, 0.25) is 0 Å². The fraction of sp³-hybridized carbons (Fsp3) is 0.462. The highest BCUT2D eigenvalue weighted by Gasteiger charge is 2.25. The van der Waals surface area contributed by atoms with Gasteiger partial charge in [-0.05, 0) is 42.0 Å². The third-order valence-electron chi connectivity index (χ3n) is 5.58. The molecule has 3 rings (SSSR count). The maximum absolute atomic E-state index is 12.8. The molecule has 0 aliphatic carbocycles. The molecule has 0 saturated carbocycles. The first-order valence-electron chi connectivity index (χ1n) is 11.6. The van der Waals surface area contributed by atoms with Crippen LogP contribution in [0.3, 0.4) is 0 Å². The lowest BCUT2D eigenvalue weighted by atomic mass is 10.0. The van der Waals surface area contributed by atoms with Crippen LogP contribution in [0, 0.1) is 5.92 Å². The summed E-state index contributed by atoms with van der Waals surface area (Å²) in [5.74, 6) is 0.820. The van der Waals surface area contributed by atoms with Gasteiger partial charge in [0, 0.05) is 13.2 Å². The smallest absolute Gasteiger partial charge is 0.408 e. The summed E-state index contributed by atoms with van der Waals surface area (Å²) in [7, 11) is 1.58. The largest absolute Gasteiger partial charge is 0.493 e. The Morgan fingerprint density at radius 2 is 1.88 bits per heavy atom. The number of benzene rings is 2. The van der Waals surface area contributed by atoms with Crippen molar-refractivity contribution in [1.29, 1.82) is 0 Å². The van der Waals surface area contributed by atoms with Crippen molar-refractivity contribution in [2.75, 3.05) is 20.3 Å². The highest BCUT2D eigenvalue weighted by Crippen LogP contribution is 2.29. The summed E-state index contributed by atoms with van der Waals surface area (Å²) in [6.07, 6.45) is 1.54. The first kappa shape index (κ1) is 25.4. The predicted octanol–water partition coefficient (Wildman–Crippen LogP) is 3.82. The molecule has 2 atom stereocenters. The number of ether oxygens (including phenoxy) is 4. The Labute approximate surface area is 200 Å². The molecule has 2 N–H and O–H groups in total. The molecule has 184 valence electrons. The first-order valence-corrected chi connectivity index (χ1v) is 11.6. The molecular formula is C26H34N2O6. The van der Waals surface area contributed by atoms with Gasteiger partial charge in [0.15, 0.2) is 11.5 Å². The zero-order chi connectivity index (χ0) is 24.3. The van der Waals surface area contributed by atoms with E-state index in [1.165, 1.54) is 0 Å². The average Bonchev–Trinajstić information content (AvgIpc) is 3.37. The summed E-state index contributed by atoms with van der Waals surface area (Å²) in [6, 6.07) is 14.2. The minimum Gasteiger partial charge on any atom is -0.493 e. The average molecular weight is 471 g/mol. The Morgan fingerprint density at radius 3 is 2.56 bits per heavy atom. The van der Waals surface area contributed by atoms with E-state index in [0.29, 0.717) is 18.1 Å². The second-order valence-corrected chi connectivity index (χ2v) is 8.58. The van der Waals surface area contributed by atoms with Crippen molar-refractivity contribution in [1.82, 2.24) is 10.6 Å². The topological polar surface area (TPSA) is 95.1 Å². The quantitative estimate of drug-likeness (QED) is 0.519. The highest BCUT2D eigenvalue weighted by molar-refractivity contribution is 5.85. The first-order chi connectivity index (χ1) is 16.5. The van der Waals surface area contributed by atoms with Gasteiger partial charge in [0.25, 0.3) is 0 Å². The zero-order valence-corrected chi connectivity index (χ0v) is 20.0. The van der Waals surface area contributed by atoms with Crippen LogP contribution in [0.1, 0.15) is 37.8 Å². The molecule has 1 saturated heterocycles. The van der Waals surface area contributed by atoms with Crippen molar-refractivity contribution in [3.05, 3.63) is 59.7 Å². The van der Waals surface area contributed by atoms with Crippen molar-refractivity contribution < 1.29 is 28.5 Å². The summed E-state index contributed by atoms with van der Waals surface area (Å²) in [4.78, 5) is 25.0. The van der Waals surface area contributed by atoms with Crippen LogP contribution >= 0.6 is 0 Å². The second-order valence-electron chi connectivity index (χ2n) is 8.58. The molecule has 0 spiro atoms. The summed E-state index contributed by atoms with van der Waals surface area (Å²) in [5.41, 5.74) is 1.73. The van der Waals surface area contributed by atoms with Crippen molar-refractivity contribution in [3.8, 4) is 11.5 Å². The molecule has 1 heterocycles. The minimum atomic E-state index is -0.723. The SMILES string of the molecule is COc1cc(CNC(=O)[C@@H](NC(=O)OCc2ccccc2)C(C)C)ccc1OCC1CCCO1. The van der Waals surface area contributed by atoms with Crippen LogP contribution in [0.5, 0.6) is 11.5 Å². The number of hydrogen-bond acceptors (Lipinski definition) is 6. The molecule has 0 aromatic heterocycles. The van der Waals surface area contributed by atoms with Gasteiger partial charge in [-0.3, -0.25) is 4.79 Å². The fourth-order valence-electron chi connectivity index (χ4n) is 3.63. The van der Waals surface area contributed by atoms with E-state index >= 15 is 0 Å². The molecule has 0 radical (unpaired) electrons. The van der Waals surface area contributed by atoms with Gasteiger partial charge < -0.3 is 29.6 Å². The molecule has 8 nitrogen and oxygen atoms in total. The van der Waals surface area contributed by atoms with E-state index in [-0.39, 0.29) is 31.1 Å². The number of nitrogens with one attached hydrogen (secondary N) is 2. The van der Waals surface area contributed by atoms with Crippen LogP contribution in [-0.4, -0.2) is 44.5 Å². The number of amides is 2. The molecule has 2 aromatic carbocycles. The van der Waals surface area contributed by atoms with Crippen LogP contribution in [0.4, 0.5) is 4.79 Å². The Kier molecular flexibility index (Phi) is 9.58. The molecule has 0 bridgehead atoms. The van der Waals surface area contributed by atoms with E-state index in [2.05, 4.69) is 10.6 Å². The van der Waals surface area contributed by atoms with E-state index in [0.717, 1.165) is 30.6 Å².